The van der Waals surface area contributed by atoms with Gasteiger partial charge >= 0.3 is 6.18 Å². The van der Waals surface area contributed by atoms with Crippen LogP contribution in [0.3, 0.4) is 0 Å². The van der Waals surface area contributed by atoms with E-state index in [2.05, 4.69) is 0 Å². The molecule has 0 aromatic heterocycles. The predicted molar refractivity (Wildman–Crippen MR) is 71.0 cm³/mol. The Morgan fingerprint density at radius 1 is 1.05 bits per heavy atom. The number of alkyl halides is 3. The molecule has 0 saturated heterocycles. The van der Waals surface area contributed by atoms with Crippen molar-refractivity contribution >= 4 is 17.3 Å². The molecule has 2 aromatic carbocycles. The second-order valence-corrected chi connectivity index (χ2v) is 4.70. The molecule has 0 radical (unpaired) electrons. The Labute approximate surface area is 113 Å². The van der Waals surface area contributed by atoms with Gasteiger partial charge in [0.15, 0.2) is 0 Å². The van der Waals surface area contributed by atoms with Crippen LogP contribution in [0.5, 0.6) is 0 Å². The van der Waals surface area contributed by atoms with Crippen molar-refractivity contribution in [1.82, 2.24) is 0 Å². The van der Waals surface area contributed by atoms with E-state index < -0.39 is 11.7 Å². The molecule has 1 nitrogen and oxygen atoms in total. The maximum absolute atomic E-state index is 12.6. The monoisotopic (exact) mass is 285 g/mol. The molecule has 0 aliphatic carbocycles. The third-order valence-corrected chi connectivity index (χ3v) is 3.09. The fourth-order valence-corrected chi connectivity index (χ4v) is 2.17. The van der Waals surface area contributed by atoms with Crippen molar-refractivity contribution in [3.05, 3.63) is 52.5 Å². The van der Waals surface area contributed by atoms with Gasteiger partial charge in [-0.05, 0) is 47.9 Å². The minimum absolute atomic E-state index is 0.278. The smallest absolute Gasteiger partial charge is 0.398 e. The lowest BCUT2D eigenvalue weighted by atomic mass is 9.98. The fraction of sp³-hybridized carbons (Fsp3) is 0.143. The maximum atomic E-state index is 12.6. The summed E-state index contributed by atoms with van der Waals surface area (Å²) < 4.78 is 37.9. The average Bonchev–Trinajstić information content (AvgIpc) is 2.26. The third-order valence-electron chi connectivity index (χ3n) is 2.86. The molecule has 0 atom stereocenters. The Balaban J connectivity index is 2.51. The summed E-state index contributed by atoms with van der Waals surface area (Å²) in [4.78, 5) is 0. The summed E-state index contributed by atoms with van der Waals surface area (Å²) >= 11 is 5.85. The highest BCUT2D eigenvalue weighted by Gasteiger charge is 2.32. The van der Waals surface area contributed by atoms with Gasteiger partial charge in [0.1, 0.15) is 0 Å². The molecule has 0 amide bonds. The van der Waals surface area contributed by atoms with E-state index in [1.807, 2.05) is 6.92 Å². The van der Waals surface area contributed by atoms with Crippen molar-refractivity contribution in [2.45, 2.75) is 13.1 Å². The molecule has 0 aliphatic heterocycles. The fourth-order valence-electron chi connectivity index (χ4n) is 1.94. The topological polar surface area (TPSA) is 26.0 Å². The third kappa shape index (κ3) is 2.84. The first kappa shape index (κ1) is 13.7. The number of anilines is 1. The average molecular weight is 286 g/mol. The SMILES string of the molecule is Cc1cc(Cl)ccc1-c1ccc(C(F)(F)F)c(N)c1. The highest BCUT2D eigenvalue weighted by Crippen LogP contribution is 2.36. The molecule has 0 aliphatic rings. The quantitative estimate of drug-likeness (QED) is 0.740. The predicted octanol–water partition coefficient (Wildman–Crippen LogP) is 4.92. The number of rotatable bonds is 1. The summed E-state index contributed by atoms with van der Waals surface area (Å²) in [5.74, 6) is 0. The maximum Gasteiger partial charge on any atom is 0.418 e. The van der Waals surface area contributed by atoms with E-state index in [1.165, 1.54) is 12.1 Å². The van der Waals surface area contributed by atoms with Crippen LogP contribution in [0.4, 0.5) is 18.9 Å². The lowest BCUT2D eigenvalue weighted by Crippen LogP contribution is -2.08. The van der Waals surface area contributed by atoms with Crippen molar-refractivity contribution in [2.75, 3.05) is 5.73 Å². The Hall–Kier alpha value is -1.68. The molecule has 0 fully saturated rings. The summed E-state index contributed by atoms with van der Waals surface area (Å²) in [6.45, 7) is 1.84. The number of benzene rings is 2. The Morgan fingerprint density at radius 2 is 1.74 bits per heavy atom. The van der Waals surface area contributed by atoms with E-state index in [0.717, 1.165) is 17.2 Å². The first-order chi connectivity index (χ1) is 8.79. The summed E-state index contributed by atoms with van der Waals surface area (Å²) in [5.41, 5.74) is 6.71. The molecule has 0 heterocycles. The summed E-state index contributed by atoms with van der Waals surface area (Å²) in [6, 6.07) is 8.95. The normalized spacial score (nSPS) is 11.6. The minimum Gasteiger partial charge on any atom is -0.398 e. The lowest BCUT2D eigenvalue weighted by Gasteiger charge is -2.12. The Morgan fingerprint density at radius 3 is 2.26 bits per heavy atom. The van der Waals surface area contributed by atoms with Crippen LogP contribution >= 0.6 is 11.6 Å². The van der Waals surface area contributed by atoms with Gasteiger partial charge in [0.2, 0.25) is 0 Å². The molecule has 100 valence electrons. The molecule has 0 spiro atoms. The van der Waals surface area contributed by atoms with Gasteiger partial charge in [-0.15, -0.1) is 0 Å². The lowest BCUT2D eigenvalue weighted by molar-refractivity contribution is -0.136. The van der Waals surface area contributed by atoms with E-state index in [1.54, 1.807) is 18.2 Å². The van der Waals surface area contributed by atoms with Crippen LogP contribution in [0, 0.1) is 6.92 Å². The van der Waals surface area contributed by atoms with Crippen LogP contribution in [0.1, 0.15) is 11.1 Å². The van der Waals surface area contributed by atoms with Crippen LogP contribution < -0.4 is 5.73 Å². The largest absolute Gasteiger partial charge is 0.418 e. The van der Waals surface area contributed by atoms with Crippen molar-refractivity contribution in [1.29, 1.82) is 0 Å². The first-order valence-electron chi connectivity index (χ1n) is 5.52. The van der Waals surface area contributed by atoms with Crippen molar-refractivity contribution < 1.29 is 13.2 Å². The van der Waals surface area contributed by atoms with Crippen LogP contribution in [0.15, 0.2) is 36.4 Å². The van der Waals surface area contributed by atoms with Crippen LogP contribution in [-0.4, -0.2) is 0 Å². The summed E-state index contributed by atoms with van der Waals surface area (Å²) in [6.07, 6.45) is -4.43. The van der Waals surface area contributed by atoms with Gasteiger partial charge in [-0.2, -0.15) is 13.2 Å². The second-order valence-electron chi connectivity index (χ2n) is 4.26. The highest BCUT2D eigenvalue weighted by atomic mass is 35.5. The van der Waals surface area contributed by atoms with Crippen LogP contribution in [0.25, 0.3) is 11.1 Å². The molecule has 19 heavy (non-hydrogen) atoms. The minimum atomic E-state index is -4.43. The Bertz CT molecular complexity index is 621. The van der Waals surface area contributed by atoms with Gasteiger partial charge in [-0.25, -0.2) is 0 Å². The summed E-state index contributed by atoms with van der Waals surface area (Å²) in [5, 5.41) is 0.584. The zero-order valence-electron chi connectivity index (χ0n) is 10.1. The molecule has 5 heteroatoms. The molecule has 0 saturated carbocycles. The zero-order valence-corrected chi connectivity index (χ0v) is 10.8. The number of hydrogen-bond acceptors (Lipinski definition) is 1. The first-order valence-corrected chi connectivity index (χ1v) is 5.90. The van der Waals surface area contributed by atoms with Crippen LogP contribution in [-0.2, 0) is 6.18 Å². The zero-order chi connectivity index (χ0) is 14.2. The number of hydrogen-bond donors (Lipinski definition) is 1. The number of nitrogens with two attached hydrogens (primary N) is 1. The molecule has 0 bridgehead atoms. The number of aryl methyl sites for hydroxylation is 1. The standard InChI is InChI=1S/C14H11ClF3N/c1-8-6-10(15)3-4-11(8)9-2-5-12(13(19)7-9)14(16,17)18/h2-7H,19H2,1H3. The van der Waals surface area contributed by atoms with Gasteiger partial charge in [-0.3, -0.25) is 0 Å². The van der Waals surface area contributed by atoms with Gasteiger partial charge in [0.25, 0.3) is 0 Å². The van der Waals surface area contributed by atoms with Crippen LogP contribution in [0.2, 0.25) is 5.02 Å². The second kappa shape index (κ2) is 4.78. The van der Waals surface area contributed by atoms with Crippen molar-refractivity contribution in [2.24, 2.45) is 0 Å². The van der Waals surface area contributed by atoms with E-state index in [-0.39, 0.29) is 5.69 Å². The van der Waals surface area contributed by atoms with E-state index in [9.17, 15) is 13.2 Å². The van der Waals surface area contributed by atoms with Crippen molar-refractivity contribution in [3.8, 4) is 11.1 Å². The molecule has 2 N–H and O–H groups in total. The number of nitrogen functional groups attached to an aromatic ring is 1. The van der Waals surface area contributed by atoms with Gasteiger partial charge < -0.3 is 5.73 Å². The molecular formula is C14H11ClF3N. The van der Waals surface area contributed by atoms with E-state index in [0.29, 0.717) is 10.6 Å². The van der Waals surface area contributed by atoms with Crippen molar-refractivity contribution in [3.63, 3.8) is 0 Å². The van der Waals surface area contributed by atoms with Gasteiger partial charge in [0.05, 0.1) is 5.56 Å². The molecule has 2 aromatic rings. The van der Waals surface area contributed by atoms with E-state index in [4.69, 9.17) is 17.3 Å². The van der Waals surface area contributed by atoms with Gasteiger partial charge in [0, 0.05) is 10.7 Å². The molecular weight excluding hydrogens is 275 g/mol. The summed E-state index contributed by atoms with van der Waals surface area (Å²) in [7, 11) is 0. The Kier molecular flexibility index (Phi) is 3.45. The highest BCUT2D eigenvalue weighted by molar-refractivity contribution is 6.30. The molecule has 2 rings (SSSR count). The van der Waals surface area contributed by atoms with E-state index >= 15 is 0 Å². The number of halogens is 4. The molecule has 0 unspecified atom stereocenters. The van der Waals surface area contributed by atoms with Gasteiger partial charge in [-0.1, -0.05) is 23.7 Å².